The molecule has 0 aromatic heterocycles. The van der Waals surface area contributed by atoms with Gasteiger partial charge in [-0.3, -0.25) is 9.59 Å². The molecule has 2 unspecified atom stereocenters. The third kappa shape index (κ3) is 11.2. The molecule has 0 radical (unpaired) electrons. The van der Waals surface area contributed by atoms with Crippen LogP contribution in [0.1, 0.15) is 94.5 Å². The van der Waals surface area contributed by atoms with E-state index < -0.39 is 29.7 Å². The Morgan fingerprint density at radius 1 is 0.976 bits per heavy atom. The summed E-state index contributed by atoms with van der Waals surface area (Å²) in [6.45, 7) is 13.6. The minimum atomic E-state index is -0.994. The van der Waals surface area contributed by atoms with E-state index in [0.717, 1.165) is 48.8 Å². The predicted molar refractivity (Wildman–Crippen MR) is 176 cm³/mol. The molecule has 0 bridgehead atoms. The van der Waals surface area contributed by atoms with Crippen molar-refractivity contribution < 1.29 is 19.1 Å². The number of ether oxygens (including phenoxy) is 1. The van der Waals surface area contributed by atoms with Crippen LogP contribution in [0.4, 0.5) is 10.5 Å². The van der Waals surface area contributed by atoms with Gasteiger partial charge >= 0.3 is 6.09 Å². The van der Waals surface area contributed by atoms with E-state index in [9.17, 15) is 14.4 Å². The minimum absolute atomic E-state index is 0.0376. The highest BCUT2D eigenvalue weighted by Crippen LogP contribution is 2.30. The summed E-state index contributed by atoms with van der Waals surface area (Å²) in [5.74, 6) is -0.749. The summed E-state index contributed by atoms with van der Waals surface area (Å²) >= 11 is 10.9. The summed E-state index contributed by atoms with van der Waals surface area (Å²) in [5.41, 5.74) is 3.21. The van der Waals surface area contributed by atoms with Gasteiger partial charge in [0.1, 0.15) is 17.7 Å². The molecule has 0 saturated heterocycles. The number of rotatable bonds is 14. The summed E-state index contributed by atoms with van der Waals surface area (Å²) in [6, 6.07) is 9.33. The maximum atomic E-state index is 14.2. The quantitative estimate of drug-likeness (QED) is 0.148. The van der Waals surface area contributed by atoms with Gasteiger partial charge in [-0.15, -0.1) is 0 Å². The fourth-order valence-corrected chi connectivity index (χ4v) is 5.40. The van der Waals surface area contributed by atoms with Gasteiger partial charge in [-0.05, 0) is 65.2 Å². The molecule has 2 aromatic rings. The molecule has 0 aliphatic rings. The van der Waals surface area contributed by atoms with Crippen molar-refractivity contribution in [2.24, 2.45) is 0 Å². The molecular weight excluding hydrogens is 570 g/mol. The molecule has 7 nitrogen and oxygen atoms in total. The van der Waals surface area contributed by atoms with E-state index in [1.54, 1.807) is 31.7 Å². The summed E-state index contributed by atoms with van der Waals surface area (Å²) in [5, 5.41) is 6.09. The predicted octanol–water partition coefficient (Wildman–Crippen LogP) is 7.96. The van der Waals surface area contributed by atoms with Gasteiger partial charge in [-0.2, -0.15) is 12.6 Å². The van der Waals surface area contributed by atoms with E-state index in [1.807, 2.05) is 51.1 Å². The zero-order valence-electron chi connectivity index (χ0n) is 26.2. The lowest BCUT2D eigenvalue weighted by molar-refractivity contribution is -0.140. The third-order valence-electron chi connectivity index (χ3n) is 6.80. The Labute approximate surface area is 262 Å². The number of benzene rings is 2. The Morgan fingerprint density at radius 2 is 1.60 bits per heavy atom. The molecule has 2 aromatic carbocycles. The van der Waals surface area contributed by atoms with Crippen molar-refractivity contribution in [3.8, 4) is 0 Å². The Morgan fingerprint density at radius 3 is 2.17 bits per heavy atom. The van der Waals surface area contributed by atoms with Crippen LogP contribution >= 0.6 is 24.2 Å². The van der Waals surface area contributed by atoms with Crippen molar-refractivity contribution in [2.45, 2.75) is 105 Å². The maximum Gasteiger partial charge on any atom is 0.408 e. The molecule has 0 saturated carbocycles. The number of carbonyl (C=O) groups is 3. The Balaban J connectivity index is 2.54. The normalized spacial score (nSPS) is 12.8. The molecular formula is C33H48ClN3O4S. The summed E-state index contributed by atoms with van der Waals surface area (Å²) < 4.78 is 5.42. The summed E-state index contributed by atoms with van der Waals surface area (Å²) in [6.07, 6.45) is 5.38. The number of thiol groups is 1. The van der Waals surface area contributed by atoms with Gasteiger partial charge in [0.15, 0.2) is 0 Å². The van der Waals surface area contributed by atoms with Crippen molar-refractivity contribution in [1.29, 1.82) is 0 Å². The molecule has 0 heterocycles. The number of nitrogens with one attached hydrogen (secondary N) is 2. The molecule has 232 valence electrons. The summed E-state index contributed by atoms with van der Waals surface area (Å²) in [7, 11) is 0. The van der Waals surface area contributed by atoms with Gasteiger partial charge < -0.3 is 20.3 Å². The van der Waals surface area contributed by atoms with Crippen molar-refractivity contribution in [3.63, 3.8) is 0 Å². The highest BCUT2D eigenvalue weighted by molar-refractivity contribution is 7.80. The second-order valence-corrected chi connectivity index (χ2v) is 12.7. The molecule has 2 atom stereocenters. The molecule has 0 spiro atoms. The molecule has 0 fully saturated rings. The van der Waals surface area contributed by atoms with Crippen molar-refractivity contribution in [2.75, 3.05) is 17.6 Å². The lowest BCUT2D eigenvalue weighted by Gasteiger charge is -2.34. The molecule has 0 aliphatic heterocycles. The number of hydrogen-bond acceptors (Lipinski definition) is 5. The first-order valence-corrected chi connectivity index (χ1v) is 15.8. The number of anilines is 1. The highest BCUT2D eigenvalue weighted by Gasteiger charge is 2.36. The van der Waals surface area contributed by atoms with Crippen LogP contribution in [0.3, 0.4) is 0 Å². The molecule has 9 heteroatoms. The monoisotopic (exact) mass is 617 g/mol. The SMILES string of the molecule is CCCCCCCCN(C(=O)C(CS)NC(=O)OC(C)(C)C)C(C(=O)Nc1c(C)cccc1Cl)c1cc(C)cc(C)c1. The number of alkyl carbamates (subject to hydrolysis) is 1. The van der Waals surface area contributed by atoms with Crippen molar-refractivity contribution in [1.82, 2.24) is 10.2 Å². The number of aryl methyl sites for hydroxylation is 3. The maximum absolute atomic E-state index is 14.2. The standard InChI is InChI=1S/C33H48ClN3O4S/c1-8-9-10-11-12-13-17-37(31(39)27(21-42)35-32(40)41-33(5,6)7)29(25-19-22(2)18-23(3)20-25)30(38)36-28-24(4)15-14-16-26(28)34/h14-16,18-20,27,29,42H,8-13,17,21H2,1-7H3,(H,35,40)(H,36,38). The number of hydrogen-bond donors (Lipinski definition) is 3. The average Bonchev–Trinajstić information content (AvgIpc) is 2.88. The average molecular weight is 618 g/mol. The van der Waals surface area contributed by atoms with Gasteiger partial charge in [0.25, 0.3) is 5.91 Å². The van der Waals surface area contributed by atoms with E-state index in [4.69, 9.17) is 16.3 Å². The lowest BCUT2D eigenvalue weighted by Crippen LogP contribution is -2.53. The molecule has 2 rings (SSSR count). The minimum Gasteiger partial charge on any atom is -0.444 e. The number of amides is 3. The van der Waals surface area contributed by atoms with E-state index >= 15 is 0 Å². The number of nitrogens with zero attached hydrogens (tertiary/aromatic N) is 1. The van der Waals surface area contributed by atoms with Gasteiger partial charge in [0, 0.05) is 12.3 Å². The third-order valence-corrected chi connectivity index (χ3v) is 7.48. The van der Waals surface area contributed by atoms with Gasteiger partial charge in [0.2, 0.25) is 5.91 Å². The molecule has 3 amide bonds. The van der Waals surface area contributed by atoms with Crippen LogP contribution in [0.5, 0.6) is 0 Å². The van der Waals surface area contributed by atoms with Crippen LogP contribution in [0.15, 0.2) is 36.4 Å². The highest BCUT2D eigenvalue weighted by atomic mass is 35.5. The second kappa shape index (κ2) is 16.8. The second-order valence-electron chi connectivity index (χ2n) is 11.9. The van der Waals surface area contributed by atoms with E-state index in [0.29, 0.717) is 29.2 Å². The van der Waals surface area contributed by atoms with Crippen LogP contribution in [-0.2, 0) is 14.3 Å². The van der Waals surface area contributed by atoms with E-state index in [2.05, 4.69) is 30.2 Å². The first-order chi connectivity index (χ1) is 19.8. The topological polar surface area (TPSA) is 87.7 Å². The Bertz CT molecular complexity index is 1170. The number of para-hydroxylation sites is 1. The van der Waals surface area contributed by atoms with Gasteiger partial charge in [-0.1, -0.05) is 92.1 Å². The van der Waals surface area contributed by atoms with Gasteiger partial charge in [0.05, 0.1) is 10.7 Å². The molecule has 0 aliphatic carbocycles. The van der Waals surface area contributed by atoms with E-state index in [1.165, 1.54) is 0 Å². The Hall–Kier alpha value is -2.71. The first kappa shape index (κ1) is 35.5. The van der Waals surface area contributed by atoms with Crippen LogP contribution < -0.4 is 10.6 Å². The Kier molecular flexibility index (Phi) is 14.2. The summed E-state index contributed by atoms with van der Waals surface area (Å²) in [4.78, 5) is 42.6. The van der Waals surface area contributed by atoms with E-state index in [-0.39, 0.29) is 11.7 Å². The first-order valence-electron chi connectivity index (χ1n) is 14.8. The number of carbonyl (C=O) groups excluding carboxylic acids is 3. The van der Waals surface area contributed by atoms with Crippen LogP contribution in [0.25, 0.3) is 0 Å². The fraction of sp³-hybridized carbons (Fsp3) is 0.545. The lowest BCUT2D eigenvalue weighted by atomic mass is 9.97. The smallest absolute Gasteiger partial charge is 0.408 e. The van der Waals surface area contributed by atoms with Gasteiger partial charge in [-0.25, -0.2) is 4.79 Å². The molecule has 42 heavy (non-hydrogen) atoms. The number of halogens is 1. The molecule has 2 N–H and O–H groups in total. The fourth-order valence-electron chi connectivity index (χ4n) is 4.89. The number of unbranched alkanes of at least 4 members (excludes halogenated alkanes) is 5. The zero-order valence-corrected chi connectivity index (χ0v) is 27.8. The van der Waals surface area contributed by atoms with Crippen LogP contribution in [0, 0.1) is 20.8 Å². The van der Waals surface area contributed by atoms with Crippen molar-refractivity contribution >= 4 is 47.8 Å². The van der Waals surface area contributed by atoms with Crippen LogP contribution in [0.2, 0.25) is 5.02 Å². The largest absolute Gasteiger partial charge is 0.444 e. The van der Waals surface area contributed by atoms with Crippen LogP contribution in [-0.4, -0.2) is 46.7 Å². The zero-order chi connectivity index (χ0) is 31.4. The van der Waals surface area contributed by atoms with Crippen molar-refractivity contribution in [3.05, 3.63) is 63.7 Å².